The third-order valence-electron chi connectivity index (χ3n) is 5.92. The number of hydrogen-bond acceptors (Lipinski definition) is 6. The number of nitrogens with zero attached hydrogens (tertiary/aromatic N) is 4. The monoisotopic (exact) mass is 441 g/mol. The van der Waals surface area contributed by atoms with Crippen molar-refractivity contribution in [2.24, 2.45) is 0 Å². The van der Waals surface area contributed by atoms with Gasteiger partial charge in [0.05, 0.1) is 6.54 Å². The first-order chi connectivity index (χ1) is 15.3. The number of aromatic nitrogens is 2. The van der Waals surface area contributed by atoms with Gasteiger partial charge in [0, 0.05) is 44.2 Å². The summed E-state index contributed by atoms with van der Waals surface area (Å²) in [6.45, 7) is 10.3. The van der Waals surface area contributed by atoms with Crippen molar-refractivity contribution in [1.82, 2.24) is 20.4 Å². The van der Waals surface area contributed by atoms with E-state index in [1.165, 1.54) is 12.8 Å². The lowest BCUT2D eigenvalue weighted by molar-refractivity contribution is -0.116. The Bertz CT molecular complexity index is 924. The number of rotatable bonds is 4. The van der Waals surface area contributed by atoms with Crippen molar-refractivity contribution < 1.29 is 14.1 Å². The maximum absolute atomic E-state index is 12.8. The van der Waals surface area contributed by atoms with Gasteiger partial charge in [0.25, 0.3) is 5.91 Å². The van der Waals surface area contributed by atoms with Crippen LogP contribution in [0.2, 0.25) is 0 Å². The van der Waals surface area contributed by atoms with Gasteiger partial charge >= 0.3 is 0 Å². The second kappa shape index (κ2) is 11.2. The van der Waals surface area contributed by atoms with Gasteiger partial charge in [0.15, 0.2) is 5.82 Å². The minimum Gasteiger partial charge on any atom is -0.345 e. The lowest BCUT2D eigenvalue weighted by Gasteiger charge is -2.31. The predicted molar refractivity (Wildman–Crippen MR) is 123 cm³/mol. The third kappa shape index (κ3) is 6.38. The first kappa shape index (κ1) is 23.9. The van der Waals surface area contributed by atoms with Crippen LogP contribution in [0.5, 0.6) is 0 Å². The summed E-state index contributed by atoms with van der Waals surface area (Å²) >= 11 is 0. The molecule has 2 heterocycles. The number of nitrogens with one attached hydrogen (secondary N) is 1. The standard InChI is InChI=1S/C24H35N5O3/c1-17(2)28-12-8-6-5-7-9-13-29(19(4)30)22-11-10-20(14-21(22)16-28)24(31)25-15-23-26-18(3)32-27-23/h10-11,14,17H,5-9,12-13,15-16H2,1-4H3,(H,25,31). The molecule has 3 rings (SSSR count). The van der Waals surface area contributed by atoms with Gasteiger partial charge in [-0.2, -0.15) is 4.98 Å². The number of hydrogen-bond donors (Lipinski definition) is 1. The molecule has 1 N–H and O–H groups in total. The van der Waals surface area contributed by atoms with Gasteiger partial charge in [-0.1, -0.05) is 24.4 Å². The molecule has 0 saturated heterocycles. The van der Waals surface area contributed by atoms with E-state index >= 15 is 0 Å². The maximum Gasteiger partial charge on any atom is 0.251 e. The van der Waals surface area contributed by atoms with Crippen molar-refractivity contribution in [1.29, 1.82) is 0 Å². The van der Waals surface area contributed by atoms with E-state index in [-0.39, 0.29) is 18.4 Å². The zero-order valence-corrected chi connectivity index (χ0v) is 19.7. The topological polar surface area (TPSA) is 91.6 Å². The summed E-state index contributed by atoms with van der Waals surface area (Å²) in [4.78, 5) is 33.7. The van der Waals surface area contributed by atoms with Crippen molar-refractivity contribution in [3.05, 3.63) is 41.0 Å². The minimum absolute atomic E-state index is 0.0316. The van der Waals surface area contributed by atoms with Gasteiger partial charge in [0.2, 0.25) is 11.8 Å². The Labute approximate surface area is 190 Å². The number of aryl methyl sites for hydroxylation is 1. The van der Waals surface area contributed by atoms with Crippen molar-refractivity contribution in [2.75, 3.05) is 18.0 Å². The van der Waals surface area contributed by atoms with Gasteiger partial charge in [0.1, 0.15) is 0 Å². The zero-order valence-electron chi connectivity index (χ0n) is 19.7. The smallest absolute Gasteiger partial charge is 0.251 e. The Morgan fingerprint density at radius 3 is 2.50 bits per heavy atom. The lowest BCUT2D eigenvalue weighted by atomic mass is 10.0. The second-order valence-corrected chi connectivity index (χ2v) is 8.76. The summed E-state index contributed by atoms with van der Waals surface area (Å²) in [5, 5.41) is 6.67. The Morgan fingerprint density at radius 2 is 1.84 bits per heavy atom. The zero-order chi connectivity index (χ0) is 23.1. The fraction of sp³-hybridized carbons (Fsp3) is 0.583. The van der Waals surface area contributed by atoms with E-state index in [0.29, 0.717) is 36.4 Å². The van der Waals surface area contributed by atoms with Crippen molar-refractivity contribution in [3.8, 4) is 0 Å². The normalized spacial score (nSPS) is 16.2. The summed E-state index contributed by atoms with van der Waals surface area (Å²) < 4.78 is 4.96. The molecule has 174 valence electrons. The van der Waals surface area contributed by atoms with Gasteiger partial charge in [-0.15, -0.1) is 0 Å². The maximum atomic E-state index is 12.8. The highest BCUT2D eigenvalue weighted by atomic mass is 16.5. The summed E-state index contributed by atoms with van der Waals surface area (Å²) in [6, 6.07) is 5.99. The molecule has 2 aromatic rings. The first-order valence-corrected chi connectivity index (χ1v) is 11.6. The molecular formula is C24H35N5O3. The summed E-state index contributed by atoms with van der Waals surface area (Å²) in [6.07, 6.45) is 5.67. The van der Waals surface area contributed by atoms with Crippen molar-refractivity contribution in [3.63, 3.8) is 0 Å². The van der Waals surface area contributed by atoms with Crippen LogP contribution in [0, 0.1) is 6.92 Å². The molecule has 0 spiro atoms. The highest BCUT2D eigenvalue weighted by molar-refractivity contribution is 5.97. The quantitative estimate of drug-likeness (QED) is 0.775. The average molecular weight is 442 g/mol. The van der Waals surface area contributed by atoms with E-state index in [1.54, 1.807) is 19.9 Å². The molecule has 0 unspecified atom stereocenters. The fourth-order valence-corrected chi connectivity index (χ4v) is 4.09. The van der Waals surface area contributed by atoms with E-state index in [2.05, 4.69) is 34.2 Å². The third-order valence-corrected chi connectivity index (χ3v) is 5.92. The molecular weight excluding hydrogens is 406 g/mol. The van der Waals surface area contributed by atoms with E-state index in [9.17, 15) is 9.59 Å². The number of benzene rings is 1. The average Bonchev–Trinajstić information content (AvgIpc) is 3.17. The molecule has 1 aromatic carbocycles. The molecule has 32 heavy (non-hydrogen) atoms. The Kier molecular flexibility index (Phi) is 8.39. The number of amides is 2. The number of carbonyl (C=O) groups is 2. The molecule has 0 saturated carbocycles. The van der Waals surface area contributed by atoms with Gasteiger partial charge < -0.3 is 14.7 Å². The Morgan fingerprint density at radius 1 is 1.12 bits per heavy atom. The number of carbonyl (C=O) groups excluding carboxylic acids is 2. The summed E-state index contributed by atoms with van der Waals surface area (Å²) in [5.41, 5.74) is 2.45. The van der Waals surface area contributed by atoms with Crippen LogP contribution in [0.4, 0.5) is 5.69 Å². The van der Waals surface area contributed by atoms with Gasteiger partial charge in [-0.25, -0.2) is 0 Å². The Hall–Kier alpha value is -2.74. The molecule has 1 aliphatic heterocycles. The van der Waals surface area contributed by atoms with Crippen LogP contribution >= 0.6 is 0 Å². The molecule has 0 radical (unpaired) electrons. The number of fused-ring (bicyclic) bond motifs is 1. The molecule has 1 aliphatic rings. The van der Waals surface area contributed by atoms with E-state index in [1.807, 2.05) is 17.0 Å². The summed E-state index contributed by atoms with van der Waals surface area (Å²) in [7, 11) is 0. The molecule has 8 nitrogen and oxygen atoms in total. The SMILES string of the molecule is CC(=O)N1CCCCCCCN(C(C)C)Cc2cc(C(=O)NCc3noc(C)n3)ccc21. The van der Waals surface area contributed by atoms with Gasteiger partial charge in [-0.3, -0.25) is 14.5 Å². The van der Waals surface area contributed by atoms with E-state index < -0.39 is 0 Å². The summed E-state index contributed by atoms with van der Waals surface area (Å²) in [5.74, 6) is 0.735. The second-order valence-electron chi connectivity index (χ2n) is 8.76. The van der Waals surface area contributed by atoms with Crippen molar-refractivity contribution in [2.45, 2.75) is 78.9 Å². The van der Waals surface area contributed by atoms with Crippen molar-refractivity contribution >= 4 is 17.5 Å². The molecule has 2 amide bonds. The molecule has 0 bridgehead atoms. The minimum atomic E-state index is -0.202. The predicted octanol–water partition coefficient (Wildman–Crippen LogP) is 3.84. The van der Waals surface area contributed by atoms with Crippen LogP contribution in [0.15, 0.2) is 22.7 Å². The molecule has 0 aliphatic carbocycles. The molecule has 0 fully saturated rings. The van der Waals surface area contributed by atoms with E-state index in [4.69, 9.17) is 4.52 Å². The molecule has 8 heteroatoms. The number of anilines is 1. The van der Waals surface area contributed by atoms with Gasteiger partial charge in [-0.05, 0) is 57.0 Å². The molecule has 0 atom stereocenters. The largest absolute Gasteiger partial charge is 0.345 e. The van der Waals surface area contributed by atoms with Crippen LogP contribution < -0.4 is 10.2 Å². The molecule has 1 aromatic heterocycles. The first-order valence-electron chi connectivity index (χ1n) is 11.6. The van der Waals surface area contributed by atoms with Crippen LogP contribution in [-0.2, 0) is 17.9 Å². The highest BCUT2D eigenvalue weighted by Crippen LogP contribution is 2.26. The van der Waals surface area contributed by atoms with Crippen LogP contribution in [0.1, 0.15) is 80.5 Å². The fourth-order valence-electron chi connectivity index (χ4n) is 4.09. The van der Waals surface area contributed by atoms with Crippen LogP contribution in [0.3, 0.4) is 0 Å². The van der Waals surface area contributed by atoms with Crippen LogP contribution in [-0.4, -0.2) is 46.0 Å². The lowest BCUT2D eigenvalue weighted by Crippen LogP contribution is -2.35. The van der Waals surface area contributed by atoms with E-state index in [0.717, 1.165) is 37.1 Å². The Balaban J connectivity index is 1.88. The van der Waals surface area contributed by atoms with Crippen LogP contribution in [0.25, 0.3) is 0 Å². The highest BCUT2D eigenvalue weighted by Gasteiger charge is 2.21.